The fraction of sp³-hybridized carbons (Fsp3) is 0.429. The summed E-state index contributed by atoms with van der Waals surface area (Å²) < 4.78 is 5.17. The number of carbonyl (C=O) groups excluding carboxylic acids is 2. The van der Waals surface area contributed by atoms with E-state index in [0.29, 0.717) is 29.3 Å². The second-order valence-electron chi connectivity index (χ2n) is 5.30. The van der Waals surface area contributed by atoms with E-state index >= 15 is 0 Å². The minimum Gasteiger partial charge on any atom is -0.379 e. The van der Waals surface area contributed by atoms with Crippen LogP contribution in [-0.4, -0.2) is 49.6 Å². The molecule has 1 unspecified atom stereocenters. The Morgan fingerprint density at radius 1 is 1.43 bits per heavy atom. The second kappa shape index (κ2) is 6.01. The van der Waals surface area contributed by atoms with E-state index in [0.717, 1.165) is 0 Å². The molecule has 21 heavy (non-hydrogen) atoms. The highest BCUT2D eigenvalue weighted by Gasteiger charge is 2.38. The number of nitrogens with one attached hydrogen (secondary N) is 1. The maximum absolute atomic E-state index is 12.3. The SMILES string of the molecule is CN(C)C(=O)c1ccc(Cl)cc1NC(=O)C1(N)CCOC1. The first-order valence-corrected chi connectivity index (χ1v) is 6.90. The normalized spacial score (nSPS) is 21.1. The van der Waals surface area contributed by atoms with Gasteiger partial charge >= 0.3 is 0 Å². The smallest absolute Gasteiger partial charge is 0.255 e. The highest BCUT2D eigenvalue weighted by Crippen LogP contribution is 2.24. The molecule has 0 bridgehead atoms. The van der Waals surface area contributed by atoms with E-state index in [9.17, 15) is 9.59 Å². The van der Waals surface area contributed by atoms with Crippen LogP contribution < -0.4 is 11.1 Å². The van der Waals surface area contributed by atoms with Gasteiger partial charge in [0.25, 0.3) is 5.91 Å². The summed E-state index contributed by atoms with van der Waals surface area (Å²) in [5.74, 6) is -0.606. The molecule has 2 amide bonds. The number of rotatable bonds is 3. The van der Waals surface area contributed by atoms with Crippen LogP contribution in [-0.2, 0) is 9.53 Å². The molecule has 1 aliphatic rings. The summed E-state index contributed by atoms with van der Waals surface area (Å²) in [6.07, 6.45) is 0.441. The van der Waals surface area contributed by atoms with E-state index < -0.39 is 5.54 Å². The molecule has 3 N–H and O–H groups in total. The summed E-state index contributed by atoms with van der Waals surface area (Å²) >= 11 is 5.95. The first-order valence-electron chi connectivity index (χ1n) is 6.53. The monoisotopic (exact) mass is 311 g/mol. The van der Waals surface area contributed by atoms with Crippen molar-refractivity contribution < 1.29 is 14.3 Å². The van der Waals surface area contributed by atoms with Crippen molar-refractivity contribution in [2.24, 2.45) is 5.73 Å². The van der Waals surface area contributed by atoms with Crippen molar-refractivity contribution in [1.82, 2.24) is 4.90 Å². The van der Waals surface area contributed by atoms with Crippen molar-refractivity contribution in [3.05, 3.63) is 28.8 Å². The molecule has 1 heterocycles. The van der Waals surface area contributed by atoms with Gasteiger partial charge in [-0.2, -0.15) is 0 Å². The van der Waals surface area contributed by atoms with Gasteiger partial charge in [-0.3, -0.25) is 9.59 Å². The molecule has 1 saturated heterocycles. The van der Waals surface area contributed by atoms with Gasteiger partial charge in [0.15, 0.2) is 0 Å². The minimum atomic E-state index is -1.07. The van der Waals surface area contributed by atoms with Crippen LogP contribution in [0, 0.1) is 0 Å². The zero-order chi connectivity index (χ0) is 15.6. The van der Waals surface area contributed by atoms with Crippen molar-refractivity contribution in [2.45, 2.75) is 12.0 Å². The van der Waals surface area contributed by atoms with Gasteiger partial charge in [0.05, 0.1) is 17.9 Å². The maximum Gasteiger partial charge on any atom is 0.255 e. The van der Waals surface area contributed by atoms with Crippen LogP contribution >= 0.6 is 11.6 Å². The third-order valence-corrected chi connectivity index (χ3v) is 3.61. The van der Waals surface area contributed by atoms with Crippen molar-refractivity contribution >= 4 is 29.1 Å². The number of anilines is 1. The van der Waals surface area contributed by atoms with Crippen LogP contribution in [0.1, 0.15) is 16.8 Å². The van der Waals surface area contributed by atoms with Gasteiger partial charge in [-0.05, 0) is 24.6 Å². The van der Waals surface area contributed by atoms with Crippen LogP contribution in [0.15, 0.2) is 18.2 Å². The summed E-state index contributed by atoms with van der Waals surface area (Å²) in [6, 6.07) is 4.72. The third-order valence-electron chi connectivity index (χ3n) is 3.37. The number of carbonyl (C=O) groups is 2. The Morgan fingerprint density at radius 3 is 2.71 bits per heavy atom. The van der Waals surface area contributed by atoms with Crippen LogP contribution in [0.4, 0.5) is 5.69 Å². The number of nitrogens with zero attached hydrogens (tertiary/aromatic N) is 1. The van der Waals surface area contributed by atoms with Gasteiger partial charge in [0.1, 0.15) is 5.54 Å². The van der Waals surface area contributed by atoms with Gasteiger partial charge in [-0.1, -0.05) is 11.6 Å². The molecule has 0 aliphatic carbocycles. The Bertz CT molecular complexity index is 569. The molecule has 1 atom stereocenters. The van der Waals surface area contributed by atoms with Gasteiger partial charge < -0.3 is 20.7 Å². The third kappa shape index (κ3) is 3.34. The molecule has 1 aliphatic heterocycles. The fourth-order valence-corrected chi connectivity index (χ4v) is 2.23. The van der Waals surface area contributed by atoms with Gasteiger partial charge in [-0.15, -0.1) is 0 Å². The Morgan fingerprint density at radius 2 is 2.14 bits per heavy atom. The molecule has 0 spiro atoms. The fourth-order valence-electron chi connectivity index (χ4n) is 2.05. The van der Waals surface area contributed by atoms with Gasteiger partial charge in [0.2, 0.25) is 5.91 Å². The number of benzene rings is 1. The number of hydrogen-bond donors (Lipinski definition) is 2. The Labute approximate surface area is 128 Å². The summed E-state index contributed by atoms with van der Waals surface area (Å²) in [5.41, 5.74) is 5.65. The molecule has 0 radical (unpaired) electrons. The van der Waals surface area contributed by atoms with Crippen molar-refractivity contribution in [2.75, 3.05) is 32.6 Å². The summed E-state index contributed by atoms with van der Waals surface area (Å²) in [4.78, 5) is 25.9. The average molecular weight is 312 g/mol. The topological polar surface area (TPSA) is 84.7 Å². The van der Waals surface area contributed by atoms with Crippen molar-refractivity contribution in [3.8, 4) is 0 Å². The van der Waals surface area contributed by atoms with Crippen LogP contribution in [0.3, 0.4) is 0 Å². The van der Waals surface area contributed by atoms with E-state index in [1.807, 2.05) is 0 Å². The zero-order valence-corrected chi connectivity index (χ0v) is 12.7. The van der Waals surface area contributed by atoms with E-state index in [-0.39, 0.29) is 18.4 Å². The van der Waals surface area contributed by atoms with Crippen molar-refractivity contribution in [3.63, 3.8) is 0 Å². The van der Waals surface area contributed by atoms with Gasteiger partial charge in [0, 0.05) is 25.7 Å². The molecule has 1 aromatic carbocycles. The standard InChI is InChI=1S/C14H18ClN3O3/c1-18(2)12(19)10-4-3-9(15)7-11(10)17-13(20)14(16)5-6-21-8-14/h3-4,7H,5-6,8,16H2,1-2H3,(H,17,20). The summed E-state index contributed by atoms with van der Waals surface area (Å²) in [6.45, 7) is 0.610. The first-order chi connectivity index (χ1) is 9.83. The molecular weight excluding hydrogens is 294 g/mol. The largest absolute Gasteiger partial charge is 0.379 e. The van der Waals surface area contributed by atoms with Gasteiger partial charge in [-0.25, -0.2) is 0 Å². The molecule has 7 heteroatoms. The van der Waals surface area contributed by atoms with Crippen molar-refractivity contribution in [1.29, 1.82) is 0 Å². The summed E-state index contributed by atoms with van der Waals surface area (Å²) in [7, 11) is 3.27. The number of amides is 2. The number of hydrogen-bond acceptors (Lipinski definition) is 4. The molecule has 6 nitrogen and oxygen atoms in total. The lowest BCUT2D eigenvalue weighted by Gasteiger charge is -2.22. The molecule has 0 saturated carbocycles. The Balaban J connectivity index is 2.28. The summed E-state index contributed by atoms with van der Waals surface area (Å²) in [5, 5.41) is 3.12. The van der Waals surface area contributed by atoms with Crippen LogP contribution in [0.25, 0.3) is 0 Å². The minimum absolute atomic E-state index is 0.163. The molecule has 0 aromatic heterocycles. The highest BCUT2D eigenvalue weighted by atomic mass is 35.5. The molecule has 1 fully saturated rings. The molecule has 2 rings (SSSR count). The van der Waals surface area contributed by atoms with Crippen LogP contribution in [0.5, 0.6) is 0 Å². The Hall–Kier alpha value is -1.63. The average Bonchev–Trinajstić information content (AvgIpc) is 2.86. The zero-order valence-electron chi connectivity index (χ0n) is 12.0. The van der Waals surface area contributed by atoms with E-state index in [2.05, 4.69) is 5.32 Å². The number of nitrogens with two attached hydrogens (primary N) is 1. The highest BCUT2D eigenvalue weighted by molar-refractivity contribution is 6.31. The lowest BCUT2D eigenvalue weighted by Crippen LogP contribution is -2.51. The second-order valence-corrected chi connectivity index (χ2v) is 5.74. The van der Waals surface area contributed by atoms with E-state index in [1.165, 1.54) is 11.0 Å². The molecule has 1 aromatic rings. The maximum atomic E-state index is 12.3. The predicted octanol–water partition coefficient (Wildman–Crippen LogP) is 1.10. The number of halogens is 1. The van der Waals surface area contributed by atoms with E-state index in [4.69, 9.17) is 22.1 Å². The Kier molecular flexibility index (Phi) is 4.51. The van der Waals surface area contributed by atoms with Crippen LogP contribution in [0.2, 0.25) is 5.02 Å². The lowest BCUT2D eigenvalue weighted by molar-refractivity contribution is -0.121. The first kappa shape index (κ1) is 15.8. The quantitative estimate of drug-likeness (QED) is 0.875. The predicted molar refractivity (Wildman–Crippen MR) is 80.5 cm³/mol. The molecule has 114 valence electrons. The molecular formula is C14H18ClN3O3. The lowest BCUT2D eigenvalue weighted by atomic mass is 9.99. The van der Waals surface area contributed by atoms with E-state index in [1.54, 1.807) is 26.2 Å². The number of ether oxygens (including phenoxy) is 1.